The van der Waals surface area contributed by atoms with Crippen LogP contribution in [0.2, 0.25) is 0 Å². The quantitative estimate of drug-likeness (QED) is 0.549. The molecule has 0 saturated carbocycles. The molecule has 0 radical (unpaired) electrons. The van der Waals surface area contributed by atoms with Gasteiger partial charge in [0, 0.05) is 11.1 Å². The lowest BCUT2D eigenvalue weighted by atomic mass is 10.0. The van der Waals surface area contributed by atoms with Crippen LogP contribution in [0, 0.1) is 6.92 Å². The van der Waals surface area contributed by atoms with Gasteiger partial charge in [-0.05, 0) is 62.7 Å². The first-order chi connectivity index (χ1) is 14.9. The van der Waals surface area contributed by atoms with Crippen molar-refractivity contribution in [2.24, 2.45) is 0 Å². The molecule has 0 aliphatic heterocycles. The highest BCUT2D eigenvalue weighted by Crippen LogP contribution is 2.23. The van der Waals surface area contributed by atoms with E-state index in [1.165, 1.54) is 0 Å². The third-order valence-corrected chi connectivity index (χ3v) is 4.48. The van der Waals surface area contributed by atoms with Crippen LogP contribution in [0.15, 0.2) is 53.1 Å². The maximum absolute atomic E-state index is 12.9. The van der Waals surface area contributed by atoms with E-state index in [9.17, 15) is 9.59 Å². The zero-order valence-corrected chi connectivity index (χ0v) is 17.9. The average molecular weight is 423 g/mol. The molecule has 1 amide bonds. The van der Waals surface area contributed by atoms with Gasteiger partial charge < -0.3 is 19.3 Å². The summed E-state index contributed by atoms with van der Waals surface area (Å²) in [4.78, 5) is 29.3. The molecule has 0 spiro atoms. The minimum Gasteiger partial charge on any atom is -0.497 e. The number of aromatic nitrogens is 2. The lowest BCUT2D eigenvalue weighted by Crippen LogP contribution is -2.31. The number of esters is 1. The molecule has 2 aromatic carbocycles. The third kappa shape index (κ3) is 5.91. The van der Waals surface area contributed by atoms with Gasteiger partial charge in [0.25, 0.3) is 11.8 Å². The van der Waals surface area contributed by atoms with Gasteiger partial charge in [-0.2, -0.15) is 4.98 Å². The van der Waals surface area contributed by atoms with E-state index in [0.717, 1.165) is 5.56 Å². The highest BCUT2D eigenvalue weighted by Gasteiger charge is 2.21. The van der Waals surface area contributed by atoms with Crippen molar-refractivity contribution in [1.82, 2.24) is 15.5 Å². The summed E-state index contributed by atoms with van der Waals surface area (Å²) in [6, 6.07) is 13.4. The lowest BCUT2D eigenvalue weighted by Gasteiger charge is -2.20. The predicted molar refractivity (Wildman–Crippen MR) is 114 cm³/mol. The number of benzene rings is 2. The summed E-state index contributed by atoms with van der Waals surface area (Å²) in [7, 11) is 1.58. The standard InChI is InChI=1S/C23H25N3O5/c1-14(2)30-21(27)13-20(16-9-11-19(29-4)12-10-16)25-22(28)17-5-7-18(8-6-17)23-24-15(3)26-31-23/h5-12,14,20H,13H2,1-4H3,(H,25,28). The molecule has 1 unspecified atom stereocenters. The highest BCUT2D eigenvalue weighted by molar-refractivity contribution is 5.95. The predicted octanol–water partition coefficient (Wildman–Crippen LogP) is 3.87. The second-order valence-electron chi connectivity index (χ2n) is 7.27. The second-order valence-corrected chi connectivity index (χ2v) is 7.27. The van der Waals surface area contributed by atoms with Gasteiger partial charge in [0.15, 0.2) is 5.82 Å². The molecule has 0 fully saturated rings. The first-order valence-electron chi connectivity index (χ1n) is 9.90. The molecule has 8 nitrogen and oxygen atoms in total. The van der Waals surface area contributed by atoms with Gasteiger partial charge in [0.05, 0.1) is 25.7 Å². The first kappa shape index (κ1) is 22.0. The van der Waals surface area contributed by atoms with E-state index < -0.39 is 12.0 Å². The number of methoxy groups -OCH3 is 1. The molecule has 8 heteroatoms. The van der Waals surface area contributed by atoms with E-state index in [2.05, 4.69) is 15.5 Å². The van der Waals surface area contributed by atoms with E-state index >= 15 is 0 Å². The molecule has 0 aliphatic carbocycles. The third-order valence-electron chi connectivity index (χ3n) is 4.48. The van der Waals surface area contributed by atoms with Crippen LogP contribution in [0.5, 0.6) is 5.75 Å². The Morgan fingerprint density at radius 3 is 2.29 bits per heavy atom. The Kier molecular flexibility index (Phi) is 7.02. The van der Waals surface area contributed by atoms with E-state index in [0.29, 0.717) is 28.6 Å². The monoisotopic (exact) mass is 423 g/mol. The molecule has 162 valence electrons. The normalized spacial score (nSPS) is 11.8. The van der Waals surface area contributed by atoms with Crippen molar-refractivity contribution in [1.29, 1.82) is 0 Å². The van der Waals surface area contributed by atoms with Crippen LogP contribution in [-0.2, 0) is 9.53 Å². The number of carbonyl (C=O) groups is 2. The molecular formula is C23H25N3O5. The van der Waals surface area contributed by atoms with Gasteiger partial charge in [-0.15, -0.1) is 0 Å². The summed E-state index contributed by atoms with van der Waals surface area (Å²) < 4.78 is 15.6. The number of ether oxygens (including phenoxy) is 2. The SMILES string of the molecule is COc1ccc(C(CC(=O)OC(C)C)NC(=O)c2ccc(-c3nc(C)no3)cc2)cc1. The summed E-state index contributed by atoms with van der Waals surface area (Å²) in [5, 5.41) is 6.69. The molecule has 1 heterocycles. The van der Waals surface area contributed by atoms with Crippen LogP contribution in [0.3, 0.4) is 0 Å². The van der Waals surface area contributed by atoms with Crippen LogP contribution in [0.25, 0.3) is 11.5 Å². The summed E-state index contributed by atoms with van der Waals surface area (Å²) in [6.07, 6.45) is -0.226. The Labute approximate surface area is 180 Å². The molecule has 1 N–H and O–H groups in total. The first-order valence-corrected chi connectivity index (χ1v) is 9.90. The average Bonchev–Trinajstić information content (AvgIpc) is 3.19. The number of nitrogens with one attached hydrogen (secondary N) is 1. The Bertz CT molecular complexity index is 1030. The zero-order chi connectivity index (χ0) is 22.4. The van der Waals surface area contributed by atoms with Crippen molar-refractivity contribution in [3.63, 3.8) is 0 Å². The fourth-order valence-electron chi connectivity index (χ4n) is 2.99. The fraction of sp³-hybridized carbons (Fsp3) is 0.304. The number of rotatable bonds is 8. The van der Waals surface area contributed by atoms with Gasteiger partial charge in [-0.3, -0.25) is 9.59 Å². The minimum atomic E-state index is -0.553. The van der Waals surface area contributed by atoms with E-state index in [1.54, 1.807) is 64.3 Å². The number of hydrogen-bond acceptors (Lipinski definition) is 7. The lowest BCUT2D eigenvalue weighted by molar-refractivity contribution is -0.147. The van der Waals surface area contributed by atoms with Crippen molar-refractivity contribution in [2.45, 2.75) is 39.3 Å². The molecule has 3 rings (SSSR count). The summed E-state index contributed by atoms with van der Waals surface area (Å²) in [5.74, 6) is 0.902. The van der Waals surface area contributed by atoms with Crippen molar-refractivity contribution in [2.75, 3.05) is 7.11 Å². The Balaban J connectivity index is 1.77. The van der Waals surface area contributed by atoms with Crippen LogP contribution in [0.4, 0.5) is 0 Å². The maximum atomic E-state index is 12.9. The zero-order valence-electron chi connectivity index (χ0n) is 17.9. The topological polar surface area (TPSA) is 104 Å². The van der Waals surface area contributed by atoms with Crippen LogP contribution < -0.4 is 10.1 Å². The number of hydrogen-bond donors (Lipinski definition) is 1. The number of nitrogens with zero attached hydrogens (tertiary/aromatic N) is 2. The molecule has 3 aromatic rings. The van der Waals surface area contributed by atoms with E-state index in [-0.39, 0.29) is 18.4 Å². The Morgan fingerprint density at radius 2 is 1.74 bits per heavy atom. The molecule has 1 atom stereocenters. The summed E-state index contributed by atoms with van der Waals surface area (Å²) in [5.41, 5.74) is 1.92. The van der Waals surface area contributed by atoms with Crippen LogP contribution in [-0.4, -0.2) is 35.2 Å². The largest absolute Gasteiger partial charge is 0.497 e. The summed E-state index contributed by atoms with van der Waals surface area (Å²) >= 11 is 0. The van der Waals surface area contributed by atoms with E-state index in [4.69, 9.17) is 14.0 Å². The number of aryl methyl sites for hydroxylation is 1. The van der Waals surface area contributed by atoms with Crippen molar-refractivity contribution < 1.29 is 23.6 Å². The van der Waals surface area contributed by atoms with Gasteiger partial charge in [-0.25, -0.2) is 0 Å². The van der Waals surface area contributed by atoms with Gasteiger partial charge >= 0.3 is 5.97 Å². The molecule has 0 saturated heterocycles. The smallest absolute Gasteiger partial charge is 0.308 e. The maximum Gasteiger partial charge on any atom is 0.308 e. The fourth-order valence-corrected chi connectivity index (χ4v) is 2.99. The molecule has 1 aromatic heterocycles. The Hall–Kier alpha value is -3.68. The molecule has 0 bridgehead atoms. The van der Waals surface area contributed by atoms with Crippen molar-refractivity contribution in [3.8, 4) is 17.2 Å². The minimum absolute atomic E-state index is 0.00952. The second kappa shape index (κ2) is 9.88. The van der Waals surface area contributed by atoms with Crippen molar-refractivity contribution in [3.05, 3.63) is 65.5 Å². The number of carbonyl (C=O) groups excluding carboxylic acids is 2. The summed E-state index contributed by atoms with van der Waals surface area (Å²) in [6.45, 7) is 5.30. The van der Waals surface area contributed by atoms with Crippen molar-refractivity contribution >= 4 is 11.9 Å². The van der Waals surface area contributed by atoms with Gasteiger partial charge in [-0.1, -0.05) is 17.3 Å². The van der Waals surface area contributed by atoms with Crippen LogP contribution >= 0.6 is 0 Å². The Morgan fingerprint density at radius 1 is 1.06 bits per heavy atom. The van der Waals surface area contributed by atoms with E-state index in [1.807, 2.05) is 12.1 Å². The molecule has 0 aliphatic rings. The number of amides is 1. The highest BCUT2D eigenvalue weighted by atomic mass is 16.5. The van der Waals surface area contributed by atoms with Gasteiger partial charge in [0.2, 0.25) is 0 Å². The van der Waals surface area contributed by atoms with Crippen LogP contribution in [0.1, 0.15) is 48.1 Å². The molecule has 31 heavy (non-hydrogen) atoms. The molecular weight excluding hydrogens is 398 g/mol. The van der Waals surface area contributed by atoms with Gasteiger partial charge in [0.1, 0.15) is 5.75 Å².